The summed E-state index contributed by atoms with van der Waals surface area (Å²) in [6.07, 6.45) is 7.40. The molecular formula is C16H26N2O. The Morgan fingerprint density at radius 3 is 2.74 bits per heavy atom. The molecule has 3 nitrogen and oxygen atoms in total. The van der Waals surface area contributed by atoms with Gasteiger partial charge in [-0.15, -0.1) is 0 Å². The largest absolute Gasteiger partial charge is 0.487 e. The highest BCUT2D eigenvalue weighted by atomic mass is 16.5. The van der Waals surface area contributed by atoms with E-state index in [0.717, 1.165) is 29.9 Å². The molecule has 0 saturated heterocycles. The summed E-state index contributed by atoms with van der Waals surface area (Å²) in [5.74, 6) is 3.44. The number of hydrogen-bond acceptors (Lipinski definition) is 3. The summed E-state index contributed by atoms with van der Waals surface area (Å²) in [6.45, 7) is 7.45. The van der Waals surface area contributed by atoms with Crippen LogP contribution in [0.25, 0.3) is 0 Å². The van der Waals surface area contributed by atoms with Gasteiger partial charge in [0.1, 0.15) is 0 Å². The lowest BCUT2D eigenvalue weighted by atomic mass is 9.83. The van der Waals surface area contributed by atoms with Crippen LogP contribution in [0, 0.1) is 11.8 Å². The number of anilines is 1. The van der Waals surface area contributed by atoms with Gasteiger partial charge in [0.15, 0.2) is 11.6 Å². The third-order valence-corrected chi connectivity index (χ3v) is 3.83. The Morgan fingerprint density at radius 1 is 1.32 bits per heavy atom. The number of nitrogens with zero attached hydrogens (tertiary/aromatic N) is 1. The second kappa shape index (κ2) is 6.78. The standard InChI is InChI=1S/C16H26N2O/c1-12(2)19-15-5-4-10-17-16(15)18-11-14-8-6-13(3)7-9-14/h4-5,10,12-14H,6-9,11H2,1-3H3,(H,17,18). The summed E-state index contributed by atoms with van der Waals surface area (Å²) in [5, 5.41) is 3.47. The van der Waals surface area contributed by atoms with Gasteiger partial charge in [-0.3, -0.25) is 0 Å². The van der Waals surface area contributed by atoms with Crippen molar-refractivity contribution in [2.24, 2.45) is 11.8 Å². The quantitative estimate of drug-likeness (QED) is 0.867. The van der Waals surface area contributed by atoms with Gasteiger partial charge >= 0.3 is 0 Å². The van der Waals surface area contributed by atoms with E-state index in [4.69, 9.17) is 4.74 Å². The lowest BCUT2D eigenvalue weighted by Crippen LogP contribution is -2.21. The van der Waals surface area contributed by atoms with Gasteiger partial charge in [0.2, 0.25) is 0 Å². The van der Waals surface area contributed by atoms with Crippen LogP contribution in [0.2, 0.25) is 0 Å². The van der Waals surface area contributed by atoms with Crippen LogP contribution in [-0.4, -0.2) is 17.6 Å². The molecule has 106 valence electrons. The summed E-state index contributed by atoms with van der Waals surface area (Å²) in [7, 11) is 0. The molecule has 0 aliphatic heterocycles. The molecule has 0 spiro atoms. The van der Waals surface area contributed by atoms with Crippen molar-refractivity contribution in [2.45, 2.75) is 52.6 Å². The minimum absolute atomic E-state index is 0.181. The van der Waals surface area contributed by atoms with E-state index in [0.29, 0.717) is 0 Å². The first kappa shape index (κ1) is 14.2. The van der Waals surface area contributed by atoms with E-state index in [9.17, 15) is 0 Å². The Balaban J connectivity index is 1.88. The van der Waals surface area contributed by atoms with Crippen molar-refractivity contribution >= 4 is 5.82 Å². The Hall–Kier alpha value is -1.25. The van der Waals surface area contributed by atoms with Gasteiger partial charge in [-0.25, -0.2) is 4.98 Å². The molecule has 1 aliphatic rings. The van der Waals surface area contributed by atoms with Gasteiger partial charge in [0, 0.05) is 12.7 Å². The molecule has 0 bridgehead atoms. The first-order chi connectivity index (χ1) is 9.15. The van der Waals surface area contributed by atoms with E-state index in [-0.39, 0.29) is 6.10 Å². The van der Waals surface area contributed by atoms with Gasteiger partial charge < -0.3 is 10.1 Å². The molecule has 0 amide bonds. The van der Waals surface area contributed by atoms with Gasteiger partial charge in [0.25, 0.3) is 0 Å². The summed E-state index contributed by atoms with van der Waals surface area (Å²) < 4.78 is 5.78. The molecule has 0 atom stereocenters. The van der Waals surface area contributed by atoms with Crippen LogP contribution in [0.3, 0.4) is 0 Å². The molecular weight excluding hydrogens is 236 g/mol. The fraction of sp³-hybridized carbons (Fsp3) is 0.688. The fourth-order valence-electron chi connectivity index (χ4n) is 2.65. The summed E-state index contributed by atoms with van der Waals surface area (Å²) in [4.78, 5) is 4.39. The Morgan fingerprint density at radius 2 is 2.05 bits per heavy atom. The lowest BCUT2D eigenvalue weighted by molar-refractivity contribution is 0.242. The molecule has 0 unspecified atom stereocenters. The highest BCUT2D eigenvalue weighted by molar-refractivity contribution is 5.49. The Kier molecular flexibility index (Phi) is 5.06. The number of rotatable bonds is 5. The molecule has 0 radical (unpaired) electrons. The SMILES string of the molecule is CC1CCC(CNc2ncccc2OC(C)C)CC1. The maximum absolute atomic E-state index is 5.78. The topological polar surface area (TPSA) is 34.2 Å². The van der Waals surface area contributed by atoms with Crippen molar-refractivity contribution in [3.05, 3.63) is 18.3 Å². The van der Waals surface area contributed by atoms with Crippen molar-refractivity contribution in [1.29, 1.82) is 0 Å². The smallest absolute Gasteiger partial charge is 0.168 e. The molecule has 1 saturated carbocycles. The Labute approximate surface area is 116 Å². The maximum Gasteiger partial charge on any atom is 0.168 e. The average molecular weight is 262 g/mol. The number of nitrogens with one attached hydrogen (secondary N) is 1. The fourth-order valence-corrected chi connectivity index (χ4v) is 2.65. The first-order valence-corrected chi connectivity index (χ1v) is 7.50. The van der Waals surface area contributed by atoms with Gasteiger partial charge in [0.05, 0.1) is 6.10 Å². The molecule has 2 rings (SSSR count). The minimum Gasteiger partial charge on any atom is -0.487 e. The van der Waals surface area contributed by atoms with E-state index in [1.165, 1.54) is 25.7 Å². The van der Waals surface area contributed by atoms with E-state index in [1.54, 1.807) is 0 Å². The highest BCUT2D eigenvalue weighted by Crippen LogP contribution is 2.29. The average Bonchev–Trinajstić information content (AvgIpc) is 2.39. The minimum atomic E-state index is 0.181. The van der Waals surface area contributed by atoms with Gasteiger partial charge in [-0.05, 0) is 50.7 Å². The summed E-state index contributed by atoms with van der Waals surface area (Å²) in [6, 6.07) is 3.91. The van der Waals surface area contributed by atoms with Crippen LogP contribution in [0.4, 0.5) is 5.82 Å². The van der Waals surface area contributed by atoms with Crippen LogP contribution < -0.4 is 10.1 Å². The zero-order valence-corrected chi connectivity index (χ0v) is 12.4. The van der Waals surface area contributed by atoms with Crippen molar-refractivity contribution < 1.29 is 4.74 Å². The van der Waals surface area contributed by atoms with Gasteiger partial charge in [-0.1, -0.05) is 19.8 Å². The normalized spacial score (nSPS) is 23.4. The number of pyridine rings is 1. The summed E-state index contributed by atoms with van der Waals surface area (Å²) in [5.41, 5.74) is 0. The molecule has 1 heterocycles. The second-order valence-corrected chi connectivity index (χ2v) is 6.02. The zero-order chi connectivity index (χ0) is 13.7. The molecule has 1 N–H and O–H groups in total. The van der Waals surface area contributed by atoms with Crippen LogP contribution in [0.1, 0.15) is 46.5 Å². The van der Waals surface area contributed by atoms with E-state index < -0.39 is 0 Å². The van der Waals surface area contributed by atoms with Gasteiger partial charge in [-0.2, -0.15) is 0 Å². The van der Waals surface area contributed by atoms with Crippen LogP contribution >= 0.6 is 0 Å². The molecule has 1 aromatic heterocycles. The number of hydrogen-bond donors (Lipinski definition) is 1. The molecule has 1 fully saturated rings. The summed E-state index contributed by atoms with van der Waals surface area (Å²) >= 11 is 0. The molecule has 3 heteroatoms. The predicted octanol–water partition coefficient (Wildman–Crippen LogP) is 4.11. The molecule has 0 aromatic carbocycles. The van der Waals surface area contributed by atoms with Crippen LogP contribution in [-0.2, 0) is 0 Å². The van der Waals surface area contributed by atoms with E-state index >= 15 is 0 Å². The monoisotopic (exact) mass is 262 g/mol. The van der Waals surface area contributed by atoms with Crippen molar-refractivity contribution in [3.8, 4) is 5.75 Å². The number of aromatic nitrogens is 1. The number of ether oxygens (including phenoxy) is 1. The zero-order valence-electron chi connectivity index (χ0n) is 12.4. The third kappa shape index (κ3) is 4.41. The second-order valence-electron chi connectivity index (χ2n) is 6.02. The van der Waals surface area contributed by atoms with Crippen LogP contribution in [0.15, 0.2) is 18.3 Å². The molecule has 1 aliphatic carbocycles. The lowest BCUT2D eigenvalue weighted by Gasteiger charge is -2.26. The van der Waals surface area contributed by atoms with E-state index in [2.05, 4.69) is 17.2 Å². The molecule has 19 heavy (non-hydrogen) atoms. The Bertz CT molecular complexity index is 384. The van der Waals surface area contributed by atoms with Crippen molar-refractivity contribution in [1.82, 2.24) is 4.98 Å². The predicted molar refractivity (Wildman–Crippen MR) is 79.6 cm³/mol. The third-order valence-electron chi connectivity index (χ3n) is 3.83. The maximum atomic E-state index is 5.78. The highest BCUT2D eigenvalue weighted by Gasteiger charge is 2.18. The first-order valence-electron chi connectivity index (χ1n) is 7.50. The van der Waals surface area contributed by atoms with Crippen molar-refractivity contribution in [2.75, 3.05) is 11.9 Å². The van der Waals surface area contributed by atoms with E-state index in [1.807, 2.05) is 32.2 Å². The van der Waals surface area contributed by atoms with Crippen LogP contribution in [0.5, 0.6) is 5.75 Å². The molecule has 1 aromatic rings. The van der Waals surface area contributed by atoms with Crippen molar-refractivity contribution in [3.63, 3.8) is 0 Å².